The van der Waals surface area contributed by atoms with Gasteiger partial charge >= 0.3 is 31.8 Å². The van der Waals surface area contributed by atoms with Crippen molar-refractivity contribution in [2.75, 3.05) is 0 Å². The topological polar surface area (TPSA) is 206 Å². The van der Waals surface area contributed by atoms with E-state index >= 15 is 0 Å². The fourth-order valence-corrected chi connectivity index (χ4v) is 0. The van der Waals surface area contributed by atoms with Gasteiger partial charge in [0.05, 0.1) is 0 Å². The van der Waals surface area contributed by atoms with Crippen molar-refractivity contribution in [1.29, 1.82) is 0 Å². The molecule has 0 saturated heterocycles. The number of aliphatic carboxylic acids is 2. The zero-order chi connectivity index (χ0) is 12.2. The Bertz CT molecular complexity index is 202. The van der Waals surface area contributed by atoms with Crippen LogP contribution in [0.3, 0.4) is 0 Å². The molecule has 0 spiro atoms. The SMILES string of the molecule is O.O.O.O.O=C([O-])C(F)(F)F.O=C([O-])C(F)(F)F.[Zn+2]. The summed E-state index contributed by atoms with van der Waals surface area (Å²) in [5, 5.41) is 17.6. The normalized spacial score (nSPS) is 8.32. The van der Waals surface area contributed by atoms with Crippen LogP contribution in [0.15, 0.2) is 0 Å². The number of halogens is 6. The Kier molecular flexibility index (Phi) is 34.0. The fraction of sp³-hybridized carbons (Fsp3) is 0.500. The van der Waals surface area contributed by atoms with Crippen LogP contribution in [0.1, 0.15) is 0 Å². The number of carbonyl (C=O) groups excluding carboxylic acids is 2. The Morgan fingerprint density at radius 1 is 0.632 bits per heavy atom. The molecule has 19 heavy (non-hydrogen) atoms. The Hall–Kier alpha value is -1.02. The fourth-order valence-electron chi connectivity index (χ4n) is 0. The molecule has 15 heteroatoms. The molecule has 8 N–H and O–H groups in total. The van der Waals surface area contributed by atoms with Crippen LogP contribution in [0.5, 0.6) is 0 Å². The molecule has 8 nitrogen and oxygen atoms in total. The van der Waals surface area contributed by atoms with Gasteiger partial charge in [-0.25, -0.2) is 0 Å². The molecular formula is C4H8F6O8Zn. The molecule has 0 aromatic rings. The van der Waals surface area contributed by atoms with E-state index in [0.29, 0.717) is 0 Å². The van der Waals surface area contributed by atoms with Gasteiger partial charge in [0.15, 0.2) is 0 Å². The maximum Gasteiger partial charge on any atom is 2.00 e. The van der Waals surface area contributed by atoms with E-state index in [-0.39, 0.29) is 41.4 Å². The molecule has 0 aromatic heterocycles. The third-order valence-electron chi connectivity index (χ3n) is 0.463. The molecule has 0 radical (unpaired) electrons. The third kappa shape index (κ3) is 31.6. The summed E-state index contributed by atoms with van der Waals surface area (Å²) in [6.07, 6.45) is -10.4. The van der Waals surface area contributed by atoms with Crippen LogP contribution in [-0.2, 0) is 29.1 Å². The Morgan fingerprint density at radius 3 is 0.684 bits per heavy atom. The van der Waals surface area contributed by atoms with Crippen molar-refractivity contribution in [3.8, 4) is 0 Å². The summed E-state index contributed by atoms with van der Waals surface area (Å²) in [4.78, 5) is 17.6. The summed E-state index contributed by atoms with van der Waals surface area (Å²) in [6.45, 7) is 0. The van der Waals surface area contributed by atoms with E-state index in [4.69, 9.17) is 19.8 Å². The molecule has 0 heterocycles. The van der Waals surface area contributed by atoms with Crippen LogP contribution in [0.25, 0.3) is 0 Å². The first-order chi connectivity index (χ1) is 5.89. The molecule has 0 amide bonds. The first kappa shape index (κ1) is 43.0. The number of carbonyl (C=O) groups is 2. The van der Waals surface area contributed by atoms with Crippen LogP contribution in [0, 0.1) is 0 Å². The monoisotopic (exact) mass is 362 g/mol. The molecule has 0 atom stereocenters. The third-order valence-corrected chi connectivity index (χ3v) is 0.463. The smallest absolute Gasteiger partial charge is 0.542 e. The largest absolute Gasteiger partial charge is 2.00 e. The maximum atomic E-state index is 10.5. The van der Waals surface area contributed by atoms with Crippen LogP contribution in [0.2, 0.25) is 0 Å². The van der Waals surface area contributed by atoms with Crippen molar-refractivity contribution >= 4 is 11.9 Å². The Balaban J connectivity index is -0.0000000240. The molecule has 0 aliphatic heterocycles. The van der Waals surface area contributed by atoms with E-state index in [2.05, 4.69) is 0 Å². The quantitative estimate of drug-likeness (QED) is 0.307. The molecule has 0 rings (SSSR count). The van der Waals surface area contributed by atoms with Crippen molar-refractivity contribution in [2.45, 2.75) is 12.4 Å². The summed E-state index contributed by atoms with van der Waals surface area (Å²) in [5.74, 6) is -6.01. The van der Waals surface area contributed by atoms with E-state index in [1.807, 2.05) is 0 Å². The molecular weight excluding hydrogens is 355 g/mol. The van der Waals surface area contributed by atoms with Crippen LogP contribution >= 0.6 is 0 Å². The van der Waals surface area contributed by atoms with E-state index in [1.165, 1.54) is 0 Å². The summed E-state index contributed by atoms with van der Waals surface area (Å²) in [6, 6.07) is 0. The van der Waals surface area contributed by atoms with Crippen molar-refractivity contribution in [3.05, 3.63) is 0 Å². The number of carboxylic acid groups (broad SMARTS) is 2. The zero-order valence-electron chi connectivity index (χ0n) is 8.61. The van der Waals surface area contributed by atoms with Gasteiger partial charge in [-0.1, -0.05) is 0 Å². The average molecular weight is 363 g/mol. The Labute approximate surface area is 113 Å². The molecule has 0 saturated carbocycles. The molecule has 0 aliphatic rings. The van der Waals surface area contributed by atoms with Crippen LogP contribution in [-0.4, -0.2) is 46.2 Å². The predicted molar refractivity (Wildman–Crippen MR) is 36.6 cm³/mol. The molecule has 0 fully saturated rings. The number of hydrogen-bond donors (Lipinski definition) is 0. The van der Waals surface area contributed by atoms with Crippen LogP contribution < -0.4 is 10.2 Å². The first-order valence-electron chi connectivity index (χ1n) is 2.45. The van der Waals surface area contributed by atoms with Crippen LogP contribution in [0.4, 0.5) is 26.3 Å². The minimum Gasteiger partial charge on any atom is -0.542 e. The van der Waals surface area contributed by atoms with Gasteiger partial charge < -0.3 is 41.7 Å². The van der Waals surface area contributed by atoms with Gasteiger partial charge in [-0.3, -0.25) is 0 Å². The molecule has 0 bridgehead atoms. The number of rotatable bonds is 0. The van der Waals surface area contributed by atoms with Gasteiger partial charge in [-0.15, -0.1) is 0 Å². The molecule has 0 aliphatic carbocycles. The second kappa shape index (κ2) is 15.0. The van der Waals surface area contributed by atoms with E-state index < -0.39 is 24.3 Å². The summed E-state index contributed by atoms with van der Waals surface area (Å²) in [7, 11) is 0. The maximum absolute atomic E-state index is 10.5. The summed E-state index contributed by atoms with van der Waals surface area (Å²) < 4.78 is 63.1. The van der Waals surface area contributed by atoms with Gasteiger partial charge in [-0.2, -0.15) is 26.3 Å². The number of alkyl halides is 6. The Morgan fingerprint density at radius 2 is 0.684 bits per heavy atom. The van der Waals surface area contributed by atoms with Crippen molar-refractivity contribution in [2.24, 2.45) is 0 Å². The van der Waals surface area contributed by atoms with Gasteiger partial charge in [0, 0.05) is 0 Å². The van der Waals surface area contributed by atoms with Crippen molar-refractivity contribution < 1.29 is 87.5 Å². The average Bonchev–Trinajstić information content (AvgIpc) is 1.83. The van der Waals surface area contributed by atoms with Crippen molar-refractivity contribution in [3.63, 3.8) is 0 Å². The molecule has 0 aromatic carbocycles. The number of carboxylic acids is 2. The van der Waals surface area contributed by atoms with Gasteiger partial charge in [0.2, 0.25) is 0 Å². The minimum atomic E-state index is -5.19. The summed E-state index contributed by atoms with van der Waals surface area (Å²) in [5.41, 5.74) is 0. The van der Waals surface area contributed by atoms with E-state index in [1.54, 1.807) is 0 Å². The zero-order valence-corrected chi connectivity index (χ0v) is 11.6. The molecule has 0 unspecified atom stereocenters. The van der Waals surface area contributed by atoms with E-state index in [9.17, 15) is 26.3 Å². The van der Waals surface area contributed by atoms with Gasteiger partial charge in [0.25, 0.3) is 0 Å². The number of hydrogen-bond acceptors (Lipinski definition) is 4. The first-order valence-corrected chi connectivity index (χ1v) is 2.45. The van der Waals surface area contributed by atoms with E-state index in [0.717, 1.165) is 0 Å². The van der Waals surface area contributed by atoms with Gasteiger partial charge in [0.1, 0.15) is 11.9 Å². The summed E-state index contributed by atoms with van der Waals surface area (Å²) >= 11 is 0. The standard InChI is InChI=1S/2C2HF3O2.4H2O.Zn/c2*3-2(4,5)1(6)7;;;;;/h2*(H,6,7);4*1H2;/q;;;;;;+2/p-2. The predicted octanol–water partition coefficient (Wildman–Crippen LogP) is -4.70. The van der Waals surface area contributed by atoms with Gasteiger partial charge in [-0.05, 0) is 0 Å². The second-order valence-electron chi connectivity index (χ2n) is 1.57. The van der Waals surface area contributed by atoms with Crippen molar-refractivity contribution in [1.82, 2.24) is 0 Å². The molecule has 116 valence electrons. The minimum absolute atomic E-state index is 0. The second-order valence-corrected chi connectivity index (χ2v) is 1.57.